The molecule has 0 atom stereocenters. The third kappa shape index (κ3) is 4.06. The number of nitrogens with one attached hydrogen (secondary N) is 2. The molecular weight excluding hydrogens is 282 g/mol. The number of para-hydroxylation sites is 1. The number of thioether (sulfide) groups is 1. The summed E-state index contributed by atoms with van der Waals surface area (Å²) in [4.78, 5) is 8.61. The van der Waals surface area contributed by atoms with Crippen molar-refractivity contribution >= 4 is 29.1 Å². The highest BCUT2D eigenvalue weighted by molar-refractivity contribution is 7.99. The summed E-state index contributed by atoms with van der Waals surface area (Å²) < 4.78 is 25.0. The lowest BCUT2D eigenvalue weighted by atomic mass is 10.3. The standard InChI is InChI=1S/C13H14F2N4S/c1-2-16-11-7-12(18-8-17-11)19-9-5-3-4-6-10(9)20-13(14)15/h3-8,13H,2H2,1H3,(H2,16,17,18,19). The molecule has 0 spiro atoms. The van der Waals surface area contributed by atoms with Gasteiger partial charge in [-0.05, 0) is 19.1 Å². The van der Waals surface area contributed by atoms with Crippen molar-refractivity contribution in [3.63, 3.8) is 0 Å². The van der Waals surface area contributed by atoms with E-state index < -0.39 is 5.76 Å². The van der Waals surface area contributed by atoms with Gasteiger partial charge < -0.3 is 10.6 Å². The van der Waals surface area contributed by atoms with Gasteiger partial charge in [-0.2, -0.15) is 8.78 Å². The SMILES string of the molecule is CCNc1cc(Nc2ccccc2SC(F)F)ncn1. The fraction of sp³-hybridized carbons (Fsp3) is 0.231. The molecule has 2 rings (SSSR count). The largest absolute Gasteiger partial charge is 0.370 e. The van der Waals surface area contributed by atoms with Crippen LogP contribution in [-0.4, -0.2) is 22.3 Å². The van der Waals surface area contributed by atoms with E-state index in [4.69, 9.17) is 0 Å². The second-order valence-electron chi connectivity index (χ2n) is 3.82. The zero-order valence-electron chi connectivity index (χ0n) is 10.8. The first-order valence-electron chi connectivity index (χ1n) is 6.06. The number of hydrogen-bond donors (Lipinski definition) is 2. The van der Waals surface area contributed by atoms with Gasteiger partial charge in [0.25, 0.3) is 5.76 Å². The molecule has 0 aliphatic rings. The Balaban J connectivity index is 2.19. The van der Waals surface area contributed by atoms with Gasteiger partial charge in [0.1, 0.15) is 18.0 Å². The predicted molar refractivity (Wildman–Crippen MR) is 77.8 cm³/mol. The van der Waals surface area contributed by atoms with Crippen LogP contribution < -0.4 is 10.6 Å². The summed E-state index contributed by atoms with van der Waals surface area (Å²) in [6, 6.07) is 8.61. The van der Waals surface area contributed by atoms with Gasteiger partial charge in [-0.25, -0.2) is 9.97 Å². The number of benzene rings is 1. The van der Waals surface area contributed by atoms with Gasteiger partial charge in [-0.15, -0.1) is 0 Å². The number of aromatic nitrogens is 2. The Morgan fingerprint density at radius 3 is 2.70 bits per heavy atom. The van der Waals surface area contributed by atoms with E-state index in [0.717, 1.165) is 6.54 Å². The van der Waals surface area contributed by atoms with Crippen molar-refractivity contribution in [3.8, 4) is 0 Å². The van der Waals surface area contributed by atoms with Gasteiger partial charge >= 0.3 is 0 Å². The van der Waals surface area contributed by atoms with Crippen LogP contribution in [0, 0.1) is 0 Å². The van der Waals surface area contributed by atoms with Crippen LogP contribution in [0.3, 0.4) is 0 Å². The van der Waals surface area contributed by atoms with Crippen LogP contribution in [0.2, 0.25) is 0 Å². The first kappa shape index (κ1) is 14.5. The van der Waals surface area contributed by atoms with E-state index in [0.29, 0.717) is 34.0 Å². The van der Waals surface area contributed by atoms with Crippen molar-refractivity contribution in [2.75, 3.05) is 17.2 Å². The van der Waals surface area contributed by atoms with Crippen LogP contribution in [0.4, 0.5) is 26.1 Å². The smallest absolute Gasteiger partial charge is 0.288 e. The molecule has 0 fully saturated rings. The summed E-state index contributed by atoms with van der Waals surface area (Å²) in [5.41, 5.74) is 0.596. The average Bonchev–Trinajstić information content (AvgIpc) is 2.41. The van der Waals surface area contributed by atoms with E-state index in [1.165, 1.54) is 6.33 Å². The van der Waals surface area contributed by atoms with Crippen molar-refractivity contribution in [2.24, 2.45) is 0 Å². The fourth-order valence-corrected chi connectivity index (χ4v) is 2.21. The predicted octanol–water partition coefficient (Wildman–Crippen LogP) is 3.97. The van der Waals surface area contributed by atoms with Crippen molar-refractivity contribution in [1.29, 1.82) is 0 Å². The minimum Gasteiger partial charge on any atom is -0.370 e. The second-order valence-corrected chi connectivity index (χ2v) is 4.85. The second kappa shape index (κ2) is 7.04. The first-order valence-corrected chi connectivity index (χ1v) is 6.93. The molecule has 0 saturated heterocycles. The van der Waals surface area contributed by atoms with Crippen molar-refractivity contribution < 1.29 is 8.78 Å². The summed E-state index contributed by atoms with van der Waals surface area (Å²) in [6.07, 6.45) is 1.42. The Kier molecular flexibility index (Phi) is 5.11. The lowest BCUT2D eigenvalue weighted by molar-refractivity contribution is 0.252. The molecule has 1 aromatic carbocycles. The van der Waals surface area contributed by atoms with Crippen molar-refractivity contribution in [2.45, 2.75) is 17.6 Å². The normalized spacial score (nSPS) is 10.6. The highest BCUT2D eigenvalue weighted by Gasteiger charge is 2.10. The minimum absolute atomic E-state index is 0.478. The molecule has 0 saturated carbocycles. The molecule has 1 heterocycles. The molecule has 20 heavy (non-hydrogen) atoms. The first-order chi connectivity index (χ1) is 9.69. The molecule has 0 aliphatic heterocycles. The maximum atomic E-state index is 12.5. The summed E-state index contributed by atoms with van der Waals surface area (Å²) in [7, 11) is 0. The highest BCUT2D eigenvalue weighted by Crippen LogP contribution is 2.33. The number of nitrogens with zero attached hydrogens (tertiary/aromatic N) is 2. The van der Waals surface area contributed by atoms with Gasteiger partial charge in [0.2, 0.25) is 0 Å². The number of anilines is 3. The molecule has 7 heteroatoms. The van der Waals surface area contributed by atoms with Gasteiger partial charge in [0, 0.05) is 17.5 Å². The van der Waals surface area contributed by atoms with E-state index in [1.807, 2.05) is 6.92 Å². The Hall–Kier alpha value is -1.89. The van der Waals surface area contributed by atoms with E-state index in [2.05, 4.69) is 20.6 Å². The summed E-state index contributed by atoms with van der Waals surface area (Å²) in [5, 5.41) is 6.10. The van der Waals surface area contributed by atoms with Crippen LogP contribution in [0.1, 0.15) is 6.92 Å². The van der Waals surface area contributed by atoms with Crippen LogP contribution in [0.15, 0.2) is 41.6 Å². The molecule has 106 valence electrons. The number of halogens is 2. The fourth-order valence-electron chi connectivity index (χ4n) is 1.61. The van der Waals surface area contributed by atoms with Crippen LogP contribution in [0.5, 0.6) is 0 Å². The molecule has 4 nitrogen and oxygen atoms in total. The number of alkyl halides is 2. The van der Waals surface area contributed by atoms with Crippen molar-refractivity contribution in [3.05, 3.63) is 36.7 Å². The Bertz CT molecular complexity index is 566. The maximum Gasteiger partial charge on any atom is 0.288 e. The maximum absolute atomic E-state index is 12.5. The van der Waals surface area contributed by atoms with Gasteiger partial charge in [-0.3, -0.25) is 0 Å². The monoisotopic (exact) mass is 296 g/mol. The third-order valence-corrected chi connectivity index (χ3v) is 3.18. The van der Waals surface area contributed by atoms with E-state index >= 15 is 0 Å². The summed E-state index contributed by atoms with van der Waals surface area (Å²) in [5.74, 6) is -1.22. The highest BCUT2D eigenvalue weighted by atomic mass is 32.2. The lowest BCUT2D eigenvalue weighted by Crippen LogP contribution is -2.02. The molecule has 0 amide bonds. The molecule has 2 N–H and O–H groups in total. The van der Waals surface area contributed by atoms with Crippen LogP contribution >= 0.6 is 11.8 Å². The Morgan fingerprint density at radius 2 is 1.95 bits per heavy atom. The Morgan fingerprint density at radius 1 is 1.20 bits per heavy atom. The number of rotatable bonds is 6. The molecule has 0 aliphatic carbocycles. The zero-order valence-corrected chi connectivity index (χ0v) is 11.6. The van der Waals surface area contributed by atoms with Gasteiger partial charge in [0.05, 0.1) is 5.69 Å². The van der Waals surface area contributed by atoms with Crippen LogP contribution in [-0.2, 0) is 0 Å². The average molecular weight is 296 g/mol. The Labute approximate surface area is 120 Å². The number of hydrogen-bond acceptors (Lipinski definition) is 5. The molecule has 0 unspecified atom stereocenters. The van der Waals surface area contributed by atoms with E-state index in [1.54, 1.807) is 30.3 Å². The van der Waals surface area contributed by atoms with E-state index in [9.17, 15) is 8.78 Å². The topological polar surface area (TPSA) is 49.8 Å². The van der Waals surface area contributed by atoms with Gasteiger partial charge in [0.15, 0.2) is 0 Å². The quantitative estimate of drug-likeness (QED) is 0.790. The molecule has 0 radical (unpaired) electrons. The minimum atomic E-state index is -2.46. The summed E-state index contributed by atoms with van der Waals surface area (Å²) >= 11 is 0.504. The van der Waals surface area contributed by atoms with Crippen LogP contribution in [0.25, 0.3) is 0 Å². The third-order valence-electron chi connectivity index (χ3n) is 2.39. The summed E-state index contributed by atoms with van der Waals surface area (Å²) in [6.45, 7) is 2.71. The van der Waals surface area contributed by atoms with E-state index in [-0.39, 0.29) is 0 Å². The molecular formula is C13H14F2N4S. The lowest BCUT2D eigenvalue weighted by Gasteiger charge is -2.11. The molecule has 2 aromatic rings. The zero-order chi connectivity index (χ0) is 14.4. The van der Waals surface area contributed by atoms with Gasteiger partial charge in [-0.1, -0.05) is 23.9 Å². The van der Waals surface area contributed by atoms with Crippen molar-refractivity contribution in [1.82, 2.24) is 9.97 Å². The molecule has 1 aromatic heterocycles. The molecule has 0 bridgehead atoms.